The van der Waals surface area contributed by atoms with E-state index in [4.69, 9.17) is 9.47 Å². The van der Waals surface area contributed by atoms with E-state index in [0.29, 0.717) is 18.7 Å². The standard InChI is InChI=1S/C24H26N2O6/c1-16(2)26(18-8-5-4-6-9-18)21(27)15-32-24(30)17-10-11-19-20(14-17)23(29)25(22(19)28)12-7-13-31-3/h4-6,8-11,14,16H,7,12-13,15H2,1-3H3. The molecule has 2 aromatic rings. The van der Waals surface area contributed by atoms with Gasteiger partial charge in [-0.1, -0.05) is 18.2 Å². The number of amides is 3. The second-order valence-electron chi connectivity index (χ2n) is 7.64. The van der Waals surface area contributed by atoms with Crippen molar-refractivity contribution in [3.05, 3.63) is 65.2 Å². The number of ether oxygens (including phenoxy) is 2. The molecule has 0 radical (unpaired) electrons. The monoisotopic (exact) mass is 438 g/mol. The van der Waals surface area contributed by atoms with E-state index in [1.165, 1.54) is 18.2 Å². The molecule has 168 valence electrons. The first kappa shape index (κ1) is 23.1. The highest BCUT2D eigenvalue weighted by Crippen LogP contribution is 2.25. The van der Waals surface area contributed by atoms with Gasteiger partial charge in [0.1, 0.15) is 0 Å². The molecule has 8 nitrogen and oxygen atoms in total. The van der Waals surface area contributed by atoms with Crippen LogP contribution in [0.2, 0.25) is 0 Å². The van der Waals surface area contributed by atoms with Crippen molar-refractivity contribution >= 4 is 29.4 Å². The highest BCUT2D eigenvalue weighted by atomic mass is 16.5. The number of hydrogen-bond acceptors (Lipinski definition) is 6. The van der Waals surface area contributed by atoms with Gasteiger partial charge in [0.05, 0.1) is 16.7 Å². The quantitative estimate of drug-likeness (QED) is 0.340. The molecule has 32 heavy (non-hydrogen) atoms. The average molecular weight is 438 g/mol. The zero-order valence-electron chi connectivity index (χ0n) is 18.4. The van der Waals surface area contributed by atoms with Crippen molar-refractivity contribution in [2.75, 3.05) is 31.8 Å². The molecule has 0 saturated carbocycles. The molecule has 0 unspecified atom stereocenters. The van der Waals surface area contributed by atoms with Crippen molar-refractivity contribution in [3.8, 4) is 0 Å². The van der Waals surface area contributed by atoms with Crippen molar-refractivity contribution in [3.63, 3.8) is 0 Å². The smallest absolute Gasteiger partial charge is 0.338 e. The van der Waals surface area contributed by atoms with Gasteiger partial charge in [0.2, 0.25) is 0 Å². The van der Waals surface area contributed by atoms with E-state index in [1.54, 1.807) is 24.1 Å². The summed E-state index contributed by atoms with van der Waals surface area (Å²) in [6.45, 7) is 3.95. The fourth-order valence-electron chi connectivity index (χ4n) is 3.59. The SMILES string of the molecule is COCCCN1C(=O)c2ccc(C(=O)OCC(=O)N(c3ccccc3)C(C)C)cc2C1=O. The maximum atomic E-state index is 12.7. The molecule has 2 aromatic carbocycles. The number of para-hydroxylation sites is 1. The van der Waals surface area contributed by atoms with Crippen LogP contribution in [0.1, 0.15) is 51.3 Å². The second-order valence-corrected chi connectivity index (χ2v) is 7.64. The van der Waals surface area contributed by atoms with Crippen LogP contribution >= 0.6 is 0 Å². The van der Waals surface area contributed by atoms with Crippen molar-refractivity contribution in [2.24, 2.45) is 0 Å². The molecule has 3 amide bonds. The number of fused-ring (bicyclic) bond motifs is 1. The summed E-state index contributed by atoms with van der Waals surface area (Å²) in [5.41, 5.74) is 1.21. The summed E-state index contributed by atoms with van der Waals surface area (Å²) in [5, 5.41) is 0. The highest BCUT2D eigenvalue weighted by Gasteiger charge is 2.35. The van der Waals surface area contributed by atoms with Crippen LogP contribution < -0.4 is 4.90 Å². The maximum Gasteiger partial charge on any atom is 0.338 e. The summed E-state index contributed by atoms with van der Waals surface area (Å²) in [4.78, 5) is 53.0. The molecule has 0 atom stereocenters. The molecule has 0 fully saturated rings. The van der Waals surface area contributed by atoms with E-state index in [0.717, 1.165) is 4.90 Å². The minimum atomic E-state index is -0.740. The predicted molar refractivity (Wildman–Crippen MR) is 118 cm³/mol. The lowest BCUT2D eigenvalue weighted by atomic mass is 10.1. The fourth-order valence-corrected chi connectivity index (χ4v) is 3.59. The molecule has 0 aliphatic carbocycles. The number of carbonyl (C=O) groups is 4. The molecule has 0 bridgehead atoms. The topological polar surface area (TPSA) is 93.2 Å². The maximum absolute atomic E-state index is 12.7. The molecule has 8 heteroatoms. The van der Waals surface area contributed by atoms with Gasteiger partial charge >= 0.3 is 5.97 Å². The van der Waals surface area contributed by atoms with Crippen molar-refractivity contribution in [1.29, 1.82) is 0 Å². The van der Waals surface area contributed by atoms with Gasteiger partial charge in [0, 0.05) is 32.0 Å². The molecule has 0 saturated heterocycles. The minimum Gasteiger partial charge on any atom is -0.452 e. The first-order valence-electron chi connectivity index (χ1n) is 10.4. The molecular weight excluding hydrogens is 412 g/mol. The van der Waals surface area contributed by atoms with Crippen molar-refractivity contribution < 1.29 is 28.7 Å². The molecule has 3 rings (SSSR count). The van der Waals surface area contributed by atoms with Crippen molar-refractivity contribution in [2.45, 2.75) is 26.3 Å². The van der Waals surface area contributed by atoms with Crippen LogP contribution in [0.5, 0.6) is 0 Å². The number of imide groups is 1. The summed E-state index contributed by atoms with van der Waals surface area (Å²) in [6.07, 6.45) is 0.521. The zero-order valence-corrected chi connectivity index (χ0v) is 18.4. The van der Waals surface area contributed by atoms with E-state index < -0.39 is 24.4 Å². The van der Waals surface area contributed by atoms with Crippen LogP contribution in [-0.4, -0.2) is 61.5 Å². The Kier molecular flexibility index (Phi) is 7.37. The Morgan fingerprint density at radius 2 is 1.69 bits per heavy atom. The molecule has 0 N–H and O–H groups in total. The Hall–Kier alpha value is -3.52. The lowest BCUT2D eigenvalue weighted by Crippen LogP contribution is -2.39. The molecule has 1 heterocycles. The minimum absolute atomic E-state index is 0.104. The Balaban J connectivity index is 1.68. The number of methoxy groups -OCH3 is 1. The van der Waals surface area contributed by atoms with Crippen LogP contribution in [-0.2, 0) is 14.3 Å². The van der Waals surface area contributed by atoms with Gasteiger partial charge in [0.15, 0.2) is 6.61 Å². The fraction of sp³-hybridized carbons (Fsp3) is 0.333. The number of carbonyl (C=O) groups excluding carboxylic acids is 4. The third kappa shape index (κ3) is 4.86. The first-order chi connectivity index (χ1) is 15.3. The normalized spacial score (nSPS) is 12.8. The largest absolute Gasteiger partial charge is 0.452 e. The summed E-state index contributed by atoms with van der Waals surface area (Å²) >= 11 is 0. The van der Waals surface area contributed by atoms with Gasteiger partial charge in [-0.05, 0) is 50.6 Å². The van der Waals surface area contributed by atoms with E-state index in [-0.39, 0.29) is 35.2 Å². The average Bonchev–Trinajstić information content (AvgIpc) is 3.02. The summed E-state index contributed by atoms with van der Waals surface area (Å²) in [7, 11) is 1.55. The van der Waals surface area contributed by atoms with Gasteiger partial charge in [-0.2, -0.15) is 0 Å². The Morgan fingerprint density at radius 1 is 1.00 bits per heavy atom. The van der Waals surface area contributed by atoms with Gasteiger partial charge < -0.3 is 14.4 Å². The van der Waals surface area contributed by atoms with Crippen LogP contribution in [0.4, 0.5) is 5.69 Å². The van der Waals surface area contributed by atoms with Gasteiger partial charge in [-0.15, -0.1) is 0 Å². The Labute approximate surface area is 186 Å². The molecule has 1 aliphatic rings. The third-order valence-corrected chi connectivity index (χ3v) is 5.08. The van der Waals surface area contributed by atoms with Gasteiger partial charge in [-0.25, -0.2) is 4.79 Å². The Bertz CT molecular complexity index is 1020. The lowest BCUT2D eigenvalue weighted by molar-refractivity contribution is -0.122. The number of rotatable bonds is 9. The van der Waals surface area contributed by atoms with Crippen LogP contribution in [0, 0.1) is 0 Å². The molecule has 1 aliphatic heterocycles. The molecular formula is C24H26N2O6. The van der Waals surface area contributed by atoms with Gasteiger partial charge in [-0.3, -0.25) is 19.3 Å². The van der Waals surface area contributed by atoms with E-state index >= 15 is 0 Å². The van der Waals surface area contributed by atoms with E-state index in [2.05, 4.69) is 0 Å². The van der Waals surface area contributed by atoms with Crippen LogP contribution in [0.15, 0.2) is 48.5 Å². The zero-order chi connectivity index (χ0) is 23.3. The van der Waals surface area contributed by atoms with Crippen LogP contribution in [0.3, 0.4) is 0 Å². The predicted octanol–water partition coefficient (Wildman–Crippen LogP) is 2.92. The number of benzene rings is 2. The molecule has 0 aromatic heterocycles. The number of esters is 1. The van der Waals surface area contributed by atoms with Crippen LogP contribution in [0.25, 0.3) is 0 Å². The number of hydrogen-bond donors (Lipinski definition) is 0. The summed E-state index contributed by atoms with van der Waals surface area (Å²) in [6, 6.07) is 13.2. The third-order valence-electron chi connectivity index (χ3n) is 5.08. The van der Waals surface area contributed by atoms with E-state index in [1.807, 2.05) is 32.0 Å². The first-order valence-corrected chi connectivity index (χ1v) is 10.4. The van der Waals surface area contributed by atoms with Crippen molar-refractivity contribution in [1.82, 2.24) is 4.90 Å². The summed E-state index contributed by atoms with van der Waals surface area (Å²) in [5.74, 6) is -1.96. The number of anilines is 1. The lowest BCUT2D eigenvalue weighted by Gasteiger charge is -2.26. The number of nitrogens with zero attached hydrogens (tertiary/aromatic N) is 2. The Morgan fingerprint density at radius 3 is 2.34 bits per heavy atom. The van der Waals surface area contributed by atoms with E-state index in [9.17, 15) is 19.2 Å². The second kappa shape index (κ2) is 10.2. The summed E-state index contributed by atoms with van der Waals surface area (Å²) < 4.78 is 10.2. The van der Waals surface area contributed by atoms with Gasteiger partial charge in [0.25, 0.3) is 17.7 Å². The highest BCUT2D eigenvalue weighted by molar-refractivity contribution is 6.22. The molecule has 0 spiro atoms.